The van der Waals surface area contributed by atoms with Crippen LogP contribution in [-0.2, 0) is 0 Å². The van der Waals surface area contributed by atoms with Gasteiger partial charge in [0.1, 0.15) is 11.5 Å². The van der Waals surface area contributed by atoms with Crippen LogP contribution in [0.25, 0.3) is 0 Å². The molecule has 0 aliphatic rings. The molecule has 0 aliphatic carbocycles. The van der Waals surface area contributed by atoms with Crippen LogP contribution in [0.3, 0.4) is 0 Å². The highest BCUT2D eigenvalue weighted by molar-refractivity contribution is 7.80. The molecule has 7 heteroatoms. The molecular weight excluding hydrogens is 250 g/mol. The molecule has 88 valence electrons. The van der Waals surface area contributed by atoms with Crippen molar-refractivity contribution in [1.29, 1.82) is 0 Å². The van der Waals surface area contributed by atoms with Gasteiger partial charge in [0.05, 0.1) is 24.9 Å². The van der Waals surface area contributed by atoms with Gasteiger partial charge in [-0.3, -0.25) is 0 Å². The molecule has 16 heavy (non-hydrogen) atoms. The van der Waals surface area contributed by atoms with Gasteiger partial charge in [0.15, 0.2) is 5.11 Å². The van der Waals surface area contributed by atoms with Gasteiger partial charge in [-0.05, 0) is 12.2 Å². The molecule has 0 saturated carbocycles. The summed E-state index contributed by atoms with van der Waals surface area (Å²) in [5.41, 5.74) is 2.93. The Morgan fingerprint density at radius 1 is 1.31 bits per heavy atom. The zero-order chi connectivity index (χ0) is 12.1. The molecule has 0 spiro atoms. The molecule has 5 nitrogen and oxygen atoms in total. The lowest BCUT2D eigenvalue weighted by Crippen LogP contribution is -2.34. The van der Waals surface area contributed by atoms with Crippen molar-refractivity contribution in [2.75, 3.05) is 19.5 Å². The first kappa shape index (κ1) is 12.8. The number of nitrogens with two attached hydrogens (primary N) is 1. The summed E-state index contributed by atoms with van der Waals surface area (Å²) >= 11 is 10.8. The number of hydrogen-bond donors (Lipinski definition) is 3. The topological polar surface area (TPSA) is 68.5 Å². The zero-order valence-electron chi connectivity index (χ0n) is 8.83. The zero-order valence-corrected chi connectivity index (χ0v) is 10.4. The molecule has 1 aromatic rings. The van der Waals surface area contributed by atoms with Crippen LogP contribution < -0.4 is 26.1 Å². The normalized spacial score (nSPS) is 9.50. The Morgan fingerprint density at radius 3 is 2.44 bits per heavy atom. The maximum absolute atomic E-state index is 5.94. The van der Waals surface area contributed by atoms with Gasteiger partial charge in [-0.2, -0.15) is 0 Å². The second kappa shape index (κ2) is 5.74. The van der Waals surface area contributed by atoms with E-state index in [9.17, 15) is 0 Å². The summed E-state index contributed by atoms with van der Waals surface area (Å²) in [6.45, 7) is 0. The molecule has 0 aromatic heterocycles. The van der Waals surface area contributed by atoms with Gasteiger partial charge in [0, 0.05) is 12.1 Å². The average Bonchev–Trinajstić information content (AvgIpc) is 2.30. The first-order valence-corrected chi connectivity index (χ1v) is 5.10. The molecule has 0 radical (unpaired) electrons. The Labute approximate surface area is 104 Å². The molecule has 1 rings (SSSR count). The van der Waals surface area contributed by atoms with Crippen molar-refractivity contribution >= 4 is 34.6 Å². The summed E-state index contributed by atoms with van der Waals surface area (Å²) in [6, 6.07) is 3.30. The van der Waals surface area contributed by atoms with Crippen LogP contribution >= 0.6 is 23.8 Å². The van der Waals surface area contributed by atoms with E-state index in [1.807, 2.05) is 0 Å². The van der Waals surface area contributed by atoms with E-state index in [1.54, 1.807) is 12.1 Å². The van der Waals surface area contributed by atoms with Crippen LogP contribution in [0.1, 0.15) is 0 Å². The quantitative estimate of drug-likeness (QED) is 0.435. The molecule has 0 unspecified atom stereocenters. The lowest BCUT2D eigenvalue weighted by atomic mass is 10.2. The highest BCUT2D eigenvalue weighted by Gasteiger charge is 2.10. The molecule has 0 bridgehead atoms. The van der Waals surface area contributed by atoms with Crippen LogP contribution in [0, 0.1) is 0 Å². The lowest BCUT2D eigenvalue weighted by molar-refractivity contribution is 0.405. The van der Waals surface area contributed by atoms with Crippen LogP contribution in [-0.4, -0.2) is 19.3 Å². The number of hydrogen-bond acceptors (Lipinski definition) is 4. The van der Waals surface area contributed by atoms with Crippen LogP contribution in [0.4, 0.5) is 5.69 Å². The number of nitrogens with one attached hydrogen (secondary N) is 2. The fourth-order valence-electron chi connectivity index (χ4n) is 1.12. The van der Waals surface area contributed by atoms with Crippen molar-refractivity contribution in [1.82, 2.24) is 5.43 Å². The van der Waals surface area contributed by atoms with Gasteiger partial charge in [-0.25, -0.2) is 5.84 Å². The summed E-state index contributed by atoms with van der Waals surface area (Å²) in [6.07, 6.45) is 0. The fourth-order valence-corrected chi connectivity index (χ4v) is 1.46. The summed E-state index contributed by atoms with van der Waals surface area (Å²) in [5, 5.41) is 3.57. The molecule has 0 heterocycles. The molecular formula is C9H12ClN3O2S. The molecule has 4 N–H and O–H groups in total. The van der Waals surface area contributed by atoms with Crippen molar-refractivity contribution in [2.45, 2.75) is 0 Å². The third kappa shape index (κ3) is 2.88. The number of rotatable bonds is 3. The first-order valence-electron chi connectivity index (χ1n) is 4.31. The van der Waals surface area contributed by atoms with Crippen molar-refractivity contribution in [3.8, 4) is 11.5 Å². The summed E-state index contributed by atoms with van der Waals surface area (Å²) in [5.74, 6) is 6.22. The third-order valence-electron chi connectivity index (χ3n) is 1.85. The molecule has 1 aromatic carbocycles. The van der Waals surface area contributed by atoms with Gasteiger partial charge in [-0.15, -0.1) is 0 Å². The Kier molecular flexibility index (Phi) is 4.60. The van der Waals surface area contributed by atoms with Gasteiger partial charge in [0.2, 0.25) is 0 Å². The summed E-state index contributed by atoms with van der Waals surface area (Å²) in [7, 11) is 3.05. The number of anilines is 1. The predicted molar refractivity (Wildman–Crippen MR) is 68.1 cm³/mol. The van der Waals surface area contributed by atoms with Crippen molar-refractivity contribution in [3.63, 3.8) is 0 Å². The van der Waals surface area contributed by atoms with E-state index in [0.717, 1.165) is 0 Å². The minimum absolute atomic E-state index is 0.266. The van der Waals surface area contributed by atoms with E-state index in [4.69, 9.17) is 39.1 Å². The van der Waals surface area contributed by atoms with Gasteiger partial charge in [-0.1, -0.05) is 11.6 Å². The van der Waals surface area contributed by atoms with Crippen LogP contribution in [0.5, 0.6) is 11.5 Å². The SMILES string of the molecule is COc1cc(NC(=S)NN)c(OC)cc1Cl. The summed E-state index contributed by atoms with van der Waals surface area (Å²) < 4.78 is 10.2. The minimum Gasteiger partial charge on any atom is -0.495 e. The van der Waals surface area contributed by atoms with E-state index >= 15 is 0 Å². The van der Waals surface area contributed by atoms with E-state index in [2.05, 4.69) is 10.7 Å². The third-order valence-corrected chi connectivity index (χ3v) is 2.37. The number of halogens is 1. The molecule has 0 aliphatic heterocycles. The number of methoxy groups -OCH3 is 2. The van der Waals surface area contributed by atoms with Crippen molar-refractivity contribution in [3.05, 3.63) is 17.2 Å². The summed E-state index contributed by atoms with van der Waals surface area (Å²) in [4.78, 5) is 0. The number of thiocarbonyl (C=S) groups is 1. The number of ether oxygens (including phenoxy) is 2. The predicted octanol–water partition coefficient (Wildman–Crippen LogP) is 1.52. The maximum Gasteiger partial charge on any atom is 0.185 e. The Hall–Kier alpha value is -1.24. The van der Waals surface area contributed by atoms with Gasteiger partial charge in [0.25, 0.3) is 0 Å². The fraction of sp³-hybridized carbons (Fsp3) is 0.222. The highest BCUT2D eigenvalue weighted by atomic mass is 35.5. The Bertz CT molecular complexity index is 401. The molecule has 0 fully saturated rings. The Balaban J connectivity index is 3.09. The standard InChI is InChI=1S/C9H12ClN3O2S/c1-14-7-4-6(12-9(16)13-11)8(15-2)3-5(7)10/h3-4H,11H2,1-2H3,(H2,12,13,16). The highest BCUT2D eigenvalue weighted by Crippen LogP contribution is 2.35. The minimum atomic E-state index is 0.266. The van der Waals surface area contributed by atoms with Crippen LogP contribution in [0.15, 0.2) is 12.1 Å². The molecule has 0 amide bonds. The van der Waals surface area contributed by atoms with E-state index in [0.29, 0.717) is 22.2 Å². The second-order valence-electron chi connectivity index (χ2n) is 2.79. The second-order valence-corrected chi connectivity index (χ2v) is 3.60. The largest absolute Gasteiger partial charge is 0.495 e. The van der Waals surface area contributed by atoms with Gasteiger partial charge < -0.3 is 20.2 Å². The molecule has 0 saturated heterocycles. The van der Waals surface area contributed by atoms with Crippen molar-refractivity contribution in [2.24, 2.45) is 5.84 Å². The van der Waals surface area contributed by atoms with Crippen molar-refractivity contribution < 1.29 is 9.47 Å². The van der Waals surface area contributed by atoms with E-state index in [1.165, 1.54) is 14.2 Å². The number of benzene rings is 1. The monoisotopic (exact) mass is 261 g/mol. The number of hydrazine groups is 1. The maximum atomic E-state index is 5.94. The Morgan fingerprint density at radius 2 is 1.94 bits per heavy atom. The van der Waals surface area contributed by atoms with E-state index in [-0.39, 0.29) is 5.11 Å². The average molecular weight is 262 g/mol. The first-order chi connectivity index (χ1) is 7.62. The smallest absolute Gasteiger partial charge is 0.185 e. The lowest BCUT2D eigenvalue weighted by Gasteiger charge is -2.13. The molecule has 0 atom stereocenters. The van der Waals surface area contributed by atoms with Gasteiger partial charge >= 0.3 is 0 Å². The van der Waals surface area contributed by atoms with Crippen LogP contribution in [0.2, 0.25) is 5.02 Å². The van der Waals surface area contributed by atoms with E-state index < -0.39 is 0 Å².